The molecule has 0 aromatic carbocycles. The summed E-state index contributed by atoms with van der Waals surface area (Å²) in [6, 6.07) is 0.337. The van der Waals surface area contributed by atoms with E-state index in [2.05, 4.69) is 15.5 Å². The molecule has 2 fully saturated rings. The first-order valence-electron chi connectivity index (χ1n) is 6.00. The minimum Gasteiger partial charge on any atom is -0.339 e. The Hall–Kier alpha value is -0.900. The molecule has 1 aromatic heterocycles. The predicted molar refractivity (Wildman–Crippen MR) is 55.5 cm³/mol. The highest BCUT2D eigenvalue weighted by molar-refractivity contribution is 5.01. The van der Waals surface area contributed by atoms with Crippen molar-refractivity contribution >= 4 is 0 Å². The van der Waals surface area contributed by atoms with Gasteiger partial charge in [0.1, 0.15) is 0 Å². The third kappa shape index (κ3) is 1.78. The van der Waals surface area contributed by atoms with E-state index in [1.165, 1.54) is 32.1 Å². The van der Waals surface area contributed by atoms with E-state index in [0.29, 0.717) is 12.0 Å². The molecule has 4 nitrogen and oxygen atoms in total. The van der Waals surface area contributed by atoms with E-state index in [9.17, 15) is 0 Å². The van der Waals surface area contributed by atoms with Crippen LogP contribution in [0.5, 0.6) is 0 Å². The SMILES string of the molecule is C1CCC(c2nc(C3CCCN3)no2)C1. The van der Waals surface area contributed by atoms with Crippen LogP contribution in [-0.4, -0.2) is 16.7 Å². The fourth-order valence-electron chi connectivity index (χ4n) is 2.63. The second-order valence-electron chi connectivity index (χ2n) is 4.62. The Morgan fingerprint density at radius 3 is 2.73 bits per heavy atom. The van der Waals surface area contributed by atoms with Gasteiger partial charge in [-0.3, -0.25) is 0 Å². The third-order valence-electron chi connectivity index (χ3n) is 3.53. The molecule has 1 aliphatic heterocycles. The highest BCUT2D eigenvalue weighted by Crippen LogP contribution is 2.33. The molecule has 1 aliphatic carbocycles. The average molecular weight is 207 g/mol. The lowest BCUT2D eigenvalue weighted by Crippen LogP contribution is -2.14. The summed E-state index contributed by atoms with van der Waals surface area (Å²) in [5.41, 5.74) is 0. The van der Waals surface area contributed by atoms with E-state index in [1.807, 2.05) is 0 Å². The number of nitrogens with zero attached hydrogens (tertiary/aromatic N) is 2. The van der Waals surface area contributed by atoms with Gasteiger partial charge in [-0.15, -0.1) is 0 Å². The quantitative estimate of drug-likeness (QED) is 0.807. The first-order valence-corrected chi connectivity index (χ1v) is 6.00. The Kier molecular flexibility index (Phi) is 2.44. The molecule has 1 atom stereocenters. The topological polar surface area (TPSA) is 51.0 Å². The summed E-state index contributed by atoms with van der Waals surface area (Å²) in [6.07, 6.45) is 7.43. The van der Waals surface area contributed by atoms with Crippen molar-refractivity contribution in [2.45, 2.75) is 50.5 Å². The molecule has 2 heterocycles. The van der Waals surface area contributed by atoms with Crippen LogP contribution in [0, 0.1) is 0 Å². The van der Waals surface area contributed by atoms with Gasteiger partial charge in [0.05, 0.1) is 6.04 Å². The first kappa shape index (κ1) is 9.33. The molecule has 2 aliphatic rings. The monoisotopic (exact) mass is 207 g/mol. The van der Waals surface area contributed by atoms with E-state index in [0.717, 1.165) is 24.7 Å². The van der Waals surface area contributed by atoms with Gasteiger partial charge in [0, 0.05) is 5.92 Å². The summed E-state index contributed by atoms with van der Waals surface area (Å²) in [5.74, 6) is 2.28. The van der Waals surface area contributed by atoms with E-state index in [1.54, 1.807) is 0 Å². The van der Waals surface area contributed by atoms with Gasteiger partial charge in [0.2, 0.25) is 5.89 Å². The number of aromatic nitrogens is 2. The largest absolute Gasteiger partial charge is 0.339 e. The normalized spacial score (nSPS) is 27.6. The highest BCUT2D eigenvalue weighted by Gasteiger charge is 2.26. The zero-order valence-corrected chi connectivity index (χ0v) is 8.91. The third-order valence-corrected chi connectivity index (χ3v) is 3.53. The predicted octanol–water partition coefficient (Wildman–Crippen LogP) is 2.15. The van der Waals surface area contributed by atoms with Gasteiger partial charge in [0.15, 0.2) is 5.82 Å². The summed E-state index contributed by atoms with van der Waals surface area (Å²) in [6.45, 7) is 1.08. The Morgan fingerprint density at radius 1 is 1.13 bits per heavy atom. The van der Waals surface area contributed by atoms with Crippen LogP contribution in [0.2, 0.25) is 0 Å². The second kappa shape index (κ2) is 3.93. The van der Waals surface area contributed by atoms with E-state index in [4.69, 9.17) is 4.52 Å². The molecule has 1 saturated carbocycles. The smallest absolute Gasteiger partial charge is 0.229 e. The lowest BCUT2D eigenvalue weighted by atomic mass is 10.1. The molecule has 3 rings (SSSR count). The van der Waals surface area contributed by atoms with Crippen LogP contribution < -0.4 is 5.32 Å². The maximum atomic E-state index is 5.36. The van der Waals surface area contributed by atoms with Crippen molar-refractivity contribution < 1.29 is 4.52 Å². The van der Waals surface area contributed by atoms with Gasteiger partial charge in [0.25, 0.3) is 0 Å². The van der Waals surface area contributed by atoms with Gasteiger partial charge in [-0.05, 0) is 32.2 Å². The molecule has 0 amide bonds. The molecule has 15 heavy (non-hydrogen) atoms. The highest BCUT2D eigenvalue weighted by atomic mass is 16.5. The molecule has 0 bridgehead atoms. The molecular weight excluding hydrogens is 190 g/mol. The van der Waals surface area contributed by atoms with Gasteiger partial charge in [-0.1, -0.05) is 18.0 Å². The van der Waals surface area contributed by atoms with Crippen molar-refractivity contribution in [2.24, 2.45) is 0 Å². The van der Waals surface area contributed by atoms with Crippen LogP contribution in [0.15, 0.2) is 4.52 Å². The summed E-state index contributed by atoms with van der Waals surface area (Å²) in [4.78, 5) is 4.53. The number of nitrogens with one attached hydrogen (secondary N) is 1. The lowest BCUT2D eigenvalue weighted by Gasteiger charge is -2.02. The van der Waals surface area contributed by atoms with Crippen molar-refractivity contribution in [3.63, 3.8) is 0 Å². The fourth-order valence-corrected chi connectivity index (χ4v) is 2.63. The van der Waals surface area contributed by atoms with Crippen molar-refractivity contribution in [3.8, 4) is 0 Å². The summed E-state index contributed by atoms with van der Waals surface area (Å²) < 4.78 is 5.36. The fraction of sp³-hybridized carbons (Fsp3) is 0.818. The summed E-state index contributed by atoms with van der Waals surface area (Å²) in [7, 11) is 0. The molecule has 1 saturated heterocycles. The number of hydrogen-bond acceptors (Lipinski definition) is 4. The van der Waals surface area contributed by atoms with Crippen molar-refractivity contribution in [1.82, 2.24) is 15.5 Å². The zero-order chi connectivity index (χ0) is 10.1. The Balaban J connectivity index is 1.74. The molecule has 82 valence electrons. The van der Waals surface area contributed by atoms with Crippen LogP contribution in [-0.2, 0) is 0 Å². The van der Waals surface area contributed by atoms with Crippen LogP contribution in [0.1, 0.15) is 62.2 Å². The minimum atomic E-state index is 0.337. The second-order valence-corrected chi connectivity index (χ2v) is 4.62. The number of hydrogen-bond donors (Lipinski definition) is 1. The maximum Gasteiger partial charge on any atom is 0.229 e. The van der Waals surface area contributed by atoms with Crippen molar-refractivity contribution in [3.05, 3.63) is 11.7 Å². The Labute approximate surface area is 89.4 Å². The van der Waals surface area contributed by atoms with Crippen molar-refractivity contribution in [2.75, 3.05) is 6.54 Å². The molecule has 1 N–H and O–H groups in total. The Morgan fingerprint density at radius 2 is 2.00 bits per heavy atom. The summed E-state index contributed by atoms with van der Waals surface area (Å²) in [5, 5.41) is 7.49. The molecule has 1 unspecified atom stereocenters. The first-order chi connectivity index (χ1) is 7.43. The standard InChI is InChI=1S/C11H17N3O/c1-2-5-8(4-1)11-13-10(14-15-11)9-6-3-7-12-9/h8-9,12H,1-7H2. The van der Waals surface area contributed by atoms with E-state index < -0.39 is 0 Å². The van der Waals surface area contributed by atoms with E-state index >= 15 is 0 Å². The van der Waals surface area contributed by atoms with Gasteiger partial charge in [-0.2, -0.15) is 4.98 Å². The van der Waals surface area contributed by atoms with Crippen molar-refractivity contribution in [1.29, 1.82) is 0 Å². The zero-order valence-electron chi connectivity index (χ0n) is 8.91. The summed E-state index contributed by atoms with van der Waals surface area (Å²) >= 11 is 0. The molecular formula is C11H17N3O. The lowest BCUT2D eigenvalue weighted by molar-refractivity contribution is 0.346. The van der Waals surface area contributed by atoms with Crippen LogP contribution >= 0.6 is 0 Å². The van der Waals surface area contributed by atoms with Crippen LogP contribution in [0.25, 0.3) is 0 Å². The molecule has 0 radical (unpaired) electrons. The molecule has 0 spiro atoms. The average Bonchev–Trinajstić information content (AvgIpc) is 3.02. The van der Waals surface area contributed by atoms with E-state index in [-0.39, 0.29) is 0 Å². The van der Waals surface area contributed by atoms with Crippen LogP contribution in [0.3, 0.4) is 0 Å². The van der Waals surface area contributed by atoms with Gasteiger partial charge < -0.3 is 9.84 Å². The minimum absolute atomic E-state index is 0.337. The number of rotatable bonds is 2. The van der Waals surface area contributed by atoms with Gasteiger partial charge >= 0.3 is 0 Å². The van der Waals surface area contributed by atoms with Crippen LogP contribution in [0.4, 0.5) is 0 Å². The maximum absolute atomic E-state index is 5.36. The van der Waals surface area contributed by atoms with Gasteiger partial charge in [-0.25, -0.2) is 0 Å². The Bertz CT molecular complexity index is 294. The molecule has 4 heteroatoms. The molecule has 1 aromatic rings.